The first-order valence-corrected chi connectivity index (χ1v) is 8.93. The average Bonchev–Trinajstić information content (AvgIpc) is 2.63. The summed E-state index contributed by atoms with van der Waals surface area (Å²) in [7, 11) is 0. The lowest BCUT2D eigenvalue weighted by Gasteiger charge is -2.43. The second-order valence-electron chi connectivity index (χ2n) is 6.06. The van der Waals surface area contributed by atoms with Crippen LogP contribution in [0.3, 0.4) is 0 Å². The van der Waals surface area contributed by atoms with Crippen LogP contribution in [0.2, 0.25) is 10.0 Å². The summed E-state index contributed by atoms with van der Waals surface area (Å²) in [5, 5.41) is 19.6. The highest BCUT2D eigenvalue weighted by Gasteiger charge is 2.29. The third kappa shape index (κ3) is 4.08. The molecule has 1 fully saturated rings. The summed E-state index contributed by atoms with van der Waals surface area (Å²) in [5.41, 5.74) is 2.62. The molecule has 25 heavy (non-hydrogen) atoms. The van der Waals surface area contributed by atoms with Crippen LogP contribution < -0.4 is 4.90 Å². The van der Waals surface area contributed by atoms with Gasteiger partial charge in [-0.05, 0) is 35.9 Å². The van der Waals surface area contributed by atoms with Gasteiger partial charge in [0.05, 0.1) is 35.0 Å². The first kappa shape index (κ1) is 18.0. The number of hydrogen-bond acceptors (Lipinski definition) is 4. The average molecular weight is 376 g/mol. The van der Waals surface area contributed by atoms with Crippen LogP contribution in [0.25, 0.3) is 0 Å². The van der Waals surface area contributed by atoms with Gasteiger partial charge in [0.2, 0.25) is 0 Å². The quantitative estimate of drug-likeness (QED) is 0.884. The molecule has 2 aromatic carbocycles. The van der Waals surface area contributed by atoms with Gasteiger partial charge in [0, 0.05) is 31.2 Å². The van der Waals surface area contributed by atoms with E-state index in [4.69, 9.17) is 28.5 Å². The van der Waals surface area contributed by atoms with E-state index in [0.29, 0.717) is 22.2 Å². The first-order valence-electron chi connectivity index (χ1n) is 8.17. The lowest BCUT2D eigenvalue weighted by atomic mass is 10.0. The lowest BCUT2D eigenvalue weighted by Crippen LogP contribution is -2.49. The molecule has 1 aliphatic heterocycles. The van der Waals surface area contributed by atoms with Gasteiger partial charge < -0.3 is 10.0 Å². The Balaban J connectivity index is 1.95. The van der Waals surface area contributed by atoms with Crippen LogP contribution in [-0.4, -0.2) is 42.8 Å². The van der Waals surface area contributed by atoms with Gasteiger partial charge in [-0.15, -0.1) is 0 Å². The zero-order chi connectivity index (χ0) is 17.8. The Hall–Kier alpha value is -1.77. The number of aliphatic hydroxyl groups is 1. The van der Waals surface area contributed by atoms with Crippen molar-refractivity contribution in [2.24, 2.45) is 0 Å². The van der Waals surface area contributed by atoms with Crippen molar-refractivity contribution in [1.82, 2.24) is 4.90 Å². The lowest BCUT2D eigenvalue weighted by molar-refractivity contribution is 0.171. The third-order valence-corrected chi connectivity index (χ3v) is 5.08. The molecule has 1 heterocycles. The fourth-order valence-electron chi connectivity index (χ4n) is 3.25. The monoisotopic (exact) mass is 375 g/mol. The molecular weight excluding hydrogens is 357 g/mol. The highest BCUT2D eigenvalue weighted by Crippen LogP contribution is 2.35. The molecule has 6 heteroatoms. The van der Waals surface area contributed by atoms with Crippen molar-refractivity contribution in [3.63, 3.8) is 0 Å². The molecule has 1 saturated heterocycles. The van der Waals surface area contributed by atoms with Crippen LogP contribution in [0.1, 0.15) is 17.2 Å². The van der Waals surface area contributed by atoms with E-state index in [9.17, 15) is 5.11 Å². The van der Waals surface area contributed by atoms with Crippen LogP contribution in [0.5, 0.6) is 0 Å². The van der Waals surface area contributed by atoms with Gasteiger partial charge in [-0.1, -0.05) is 35.3 Å². The number of aliphatic hydroxyl groups excluding tert-OH is 1. The number of anilines is 1. The molecule has 0 spiro atoms. The molecule has 0 saturated carbocycles. The van der Waals surface area contributed by atoms with Crippen molar-refractivity contribution >= 4 is 28.9 Å². The molecular formula is C19H19Cl2N3O. The Kier molecular flexibility index (Phi) is 5.82. The Morgan fingerprint density at radius 2 is 1.88 bits per heavy atom. The van der Waals surface area contributed by atoms with Gasteiger partial charge in [-0.3, -0.25) is 4.90 Å². The van der Waals surface area contributed by atoms with Crippen molar-refractivity contribution in [3.05, 3.63) is 63.6 Å². The number of piperazine rings is 1. The van der Waals surface area contributed by atoms with Gasteiger partial charge in [-0.25, -0.2) is 0 Å². The topological polar surface area (TPSA) is 50.5 Å². The van der Waals surface area contributed by atoms with Gasteiger partial charge >= 0.3 is 0 Å². The van der Waals surface area contributed by atoms with E-state index in [0.717, 1.165) is 30.9 Å². The van der Waals surface area contributed by atoms with Gasteiger partial charge in [0.25, 0.3) is 0 Å². The van der Waals surface area contributed by atoms with E-state index in [-0.39, 0.29) is 12.6 Å². The second-order valence-corrected chi connectivity index (χ2v) is 6.91. The molecule has 1 N–H and O–H groups in total. The first-order chi connectivity index (χ1) is 12.1. The standard InChI is InChI=1S/C19H19Cl2N3O/c20-16-4-2-15(3-5-16)19-13-23(9-10-25)7-8-24(19)18-6-1-14(12-22)11-17(18)21/h1-6,11,19,25H,7-10,13H2/t19-/m0/s1. The van der Waals surface area contributed by atoms with E-state index < -0.39 is 0 Å². The minimum atomic E-state index is 0.100. The molecule has 0 amide bonds. The molecule has 1 aliphatic rings. The predicted octanol–water partition coefficient (Wildman–Crippen LogP) is 3.72. The summed E-state index contributed by atoms with van der Waals surface area (Å²) in [6.45, 7) is 3.22. The maximum absolute atomic E-state index is 9.27. The summed E-state index contributed by atoms with van der Waals surface area (Å²) in [6, 6.07) is 15.5. The SMILES string of the molecule is N#Cc1ccc(N2CCN(CCO)C[C@H]2c2ccc(Cl)cc2)c(Cl)c1. The smallest absolute Gasteiger partial charge is 0.0992 e. The Morgan fingerprint density at radius 1 is 1.12 bits per heavy atom. The molecule has 130 valence electrons. The van der Waals surface area contributed by atoms with E-state index >= 15 is 0 Å². The predicted molar refractivity (Wildman–Crippen MR) is 101 cm³/mol. The van der Waals surface area contributed by atoms with E-state index in [2.05, 4.69) is 15.9 Å². The van der Waals surface area contributed by atoms with E-state index in [1.165, 1.54) is 0 Å². The largest absolute Gasteiger partial charge is 0.395 e. The summed E-state index contributed by atoms with van der Waals surface area (Å²) >= 11 is 12.5. The minimum absolute atomic E-state index is 0.100. The fraction of sp³-hybridized carbons (Fsp3) is 0.316. The van der Waals surface area contributed by atoms with Crippen LogP contribution in [0.15, 0.2) is 42.5 Å². The normalized spacial score (nSPS) is 18.2. The van der Waals surface area contributed by atoms with E-state index in [1.807, 2.05) is 30.3 Å². The molecule has 0 aliphatic carbocycles. The maximum Gasteiger partial charge on any atom is 0.0992 e. The molecule has 1 atom stereocenters. The van der Waals surface area contributed by atoms with Crippen molar-refractivity contribution in [3.8, 4) is 6.07 Å². The summed E-state index contributed by atoms with van der Waals surface area (Å²) in [6.07, 6.45) is 0. The summed E-state index contributed by atoms with van der Waals surface area (Å²) < 4.78 is 0. The van der Waals surface area contributed by atoms with Crippen LogP contribution in [0, 0.1) is 11.3 Å². The zero-order valence-electron chi connectivity index (χ0n) is 13.7. The fourth-order valence-corrected chi connectivity index (χ4v) is 3.67. The molecule has 3 rings (SSSR count). The molecule has 4 nitrogen and oxygen atoms in total. The molecule has 2 aromatic rings. The summed E-state index contributed by atoms with van der Waals surface area (Å²) in [4.78, 5) is 4.51. The number of halogens is 2. The number of rotatable bonds is 4. The van der Waals surface area contributed by atoms with Crippen LogP contribution in [-0.2, 0) is 0 Å². The molecule has 0 bridgehead atoms. The number of benzene rings is 2. The van der Waals surface area contributed by atoms with Gasteiger partial charge in [-0.2, -0.15) is 5.26 Å². The highest BCUT2D eigenvalue weighted by atomic mass is 35.5. The number of β-amino-alcohol motifs (C(OH)–C–C–N with tert-alkyl or cyclic N) is 1. The number of nitriles is 1. The zero-order valence-corrected chi connectivity index (χ0v) is 15.2. The highest BCUT2D eigenvalue weighted by molar-refractivity contribution is 6.33. The number of nitrogens with zero attached hydrogens (tertiary/aromatic N) is 3. The number of hydrogen-bond donors (Lipinski definition) is 1. The van der Waals surface area contributed by atoms with Crippen molar-refractivity contribution in [2.45, 2.75) is 6.04 Å². The second kappa shape index (κ2) is 8.07. The van der Waals surface area contributed by atoms with Crippen LogP contribution >= 0.6 is 23.2 Å². The molecule has 0 radical (unpaired) electrons. The molecule has 0 unspecified atom stereocenters. The van der Waals surface area contributed by atoms with Crippen molar-refractivity contribution < 1.29 is 5.11 Å². The van der Waals surface area contributed by atoms with Crippen LogP contribution in [0.4, 0.5) is 5.69 Å². The van der Waals surface area contributed by atoms with Crippen molar-refractivity contribution in [2.75, 3.05) is 37.7 Å². The maximum atomic E-state index is 9.27. The van der Waals surface area contributed by atoms with Gasteiger partial charge in [0.15, 0.2) is 0 Å². The third-order valence-electron chi connectivity index (χ3n) is 4.52. The minimum Gasteiger partial charge on any atom is -0.395 e. The Morgan fingerprint density at radius 3 is 2.52 bits per heavy atom. The summed E-state index contributed by atoms with van der Waals surface area (Å²) in [5.74, 6) is 0. The van der Waals surface area contributed by atoms with E-state index in [1.54, 1.807) is 12.1 Å². The molecule has 0 aromatic heterocycles. The Labute approximate surface area is 157 Å². The van der Waals surface area contributed by atoms with Crippen molar-refractivity contribution in [1.29, 1.82) is 5.26 Å². The van der Waals surface area contributed by atoms with Gasteiger partial charge in [0.1, 0.15) is 0 Å². The Bertz CT molecular complexity index is 773.